The zero-order chi connectivity index (χ0) is 17.9. The minimum atomic E-state index is -0.246. The summed E-state index contributed by atoms with van der Waals surface area (Å²) in [7, 11) is 0. The number of ether oxygens (including phenoxy) is 1. The van der Waals surface area contributed by atoms with Gasteiger partial charge in [0, 0.05) is 0 Å². The molecular weight excluding hydrogens is 330 g/mol. The fraction of sp³-hybridized carbons (Fsp3) is 0.421. The number of nitrogens with two attached hydrogens (primary N) is 1. The Balaban J connectivity index is 1.78. The van der Waals surface area contributed by atoms with E-state index in [0.29, 0.717) is 24.3 Å². The van der Waals surface area contributed by atoms with Crippen molar-refractivity contribution in [2.75, 3.05) is 12.3 Å². The van der Waals surface area contributed by atoms with Crippen LogP contribution in [-0.2, 0) is 13.0 Å². The molecule has 7 heteroatoms. The molecule has 0 radical (unpaired) electrons. The molecule has 7 nitrogen and oxygen atoms in total. The molecule has 0 fully saturated rings. The van der Waals surface area contributed by atoms with E-state index in [4.69, 9.17) is 10.5 Å². The molecule has 1 aliphatic rings. The molecule has 0 saturated carbocycles. The third kappa shape index (κ3) is 3.42. The molecule has 0 saturated heterocycles. The van der Waals surface area contributed by atoms with Crippen LogP contribution in [0.15, 0.2) is 29.1 Å². The SMILES string of the molecule is Nc1nc2nc3c1[nH]c(=O)n3Cc1cccc(c1)CCCCCCCO2. The lowest BCUT2D eigenvalue weighted by Gasteiger charge is -2.09. The predicted molar refractivity (Wildman–Crippen MR) is 100 cm³/mol. The van der Waals surface area contributed by atoms with Gasteiger partial charge < -0.3 is 15.5 Å². The highest BCUT2D eigenvalue weighted by Crippen LogP contribution is 2.20. The standard InChI is InChI=1S/C19H23N5O2/c20-16-15-17-23-18(22-16)26-10-5-3-1-2-4-7-13-8-6-9-14(11-13)12-24(17)19(25)21-15/h6,8-9,11H,1-5,7,10,12H2,(H,21,25)(H2,20,22,23). The van der Waals surface area contributed by atoms with Gasteiger partial charge in [0.2, 0.25) is 0 Å². The molecule has 2 aromatic heterocycles. The average molecular weight is 353 g/mol. The van der Waals surface area contributed by atoms with Gasteiger partial charge in [0.15, 0.2) is 11.5 Å². The summed E-state index contributed by atoms with van der Waals surface area (Å²) in [6.07, 6.45) is 6.72. The first-order chi connectivity index (χ1) is 12.7. The zero-order valence-electron chi connectivity index (χ0n) is 14.7. The molecule has 26 heavy (non-hydrogen) atoms. The van der Waals surface area contributed by atoms with E-state index in [9.17, 15) is 4.79 Å². The fourth-order valence-electron chi connectivity index (χ4n) is 3.43. The number of nitrogens with one attached hydrogen (secondary N) is 1. The molecule has 1 aromatic carbocycles. The van der Waals surface area contributed by atoms with Gasteiger partial charge in [0.25, 0.3) is 0 Å². The smallest absolute Gasteiger partial charge is 0.328 e. The van der Waals surface area contributed by atoms with Crippen molar-refractivity contribution in [3.63, 3.8) is 0 Å². The number of aromatic nitrogens is 4. The van der Waals surface area contributed by atoms with Gasteiger partial charge in [-0.3, -0.25) is 4.57 Å². The third-order valence-corrected chi connectivity index (χ3v) is 4.80. The second-order valence-corrected chi connectivity index (χ2v) is 6.79. The van der Waals surface area contributed by atoms with Crippen molar-refractivity contribution in [3.05, 3.63) is 45.9 Å². The molecule has 0 amide bonds. The van der Waals surface area contributed by atoms with Gasteiger partial charge in [0.1, 0.15) is 5.52 Å². The molecule has 3 N–H and O–H groups in total. The van der Waals surface area contributed by atoms with E-state index in [2.05, 4.69) is 27.1 Å². The van der Waals surface area contributed by atoms with Crippen LogP contribution in [0.2, 0.25) is 0 Å². The van der Waals surface area contributed by atoms with E-state index in [1.165, 1.54) is 24.8 Å². The molecule has 4 bridgehead atoms. The van der Waals surface area contributed by atoms with E-state index in [-0.39, 0.29) is 17.5 Å². The second-order valence-electron chi connectivity index (χ2n) is 6.79. The first-order valence-electron chi connectivity index (χ1n) is 9.17. The van der Waals surface area contributed by atoms with Gasteiger partial charge in [-0.05, 0) is 30.4 Å². The monoisotopic (exact) mass is 353 g/mol. The Kier molecular flexibility index (Phi) is 4.60. The Bertz CT molecular complexity index is 976. The van der Waals surface area contributed by atoms with E-state index >= 15 is 0 Å². The Morgan fingerprint density at radius 1 is 1.08 bits per heavy atom. The third-order valence-electron chi connectivity index (χ3n) is 4.80. The Labute approximate surface area is 151 Å². The van der Waals surface area contributed by atoms with Crippen molar-refractivity contribution in [2.24, 2.45) is 0 Å². The van der Waals surface area contributed by atoms with Crippen LogP contribution >= 0.6 is 0 Å². The summed E-state index contributed by atoms with van der Waals surface area (Å²) in [6.45, 7) is 0.987. The number of anilines is 1. The van der Waals surface area contributed by atoms with Crippen LogP contribution in [0.1, 0.15) is 43.2 Å². The van der Waals surface area contributed by atoms with Gasteiger partial charge >= 0.3 is 11.7 Å². The molecule has 0 unspecified atom stereocenters. The number of nitrogen functional groups attached to an aromatic ring is 1. The van der Waals surface area contributed by atoms with Crippen LogP contribution in [0.3, 0.4) is 0 Å². The Hall–Kier alpha value is -2.83. The van der Waals surface area contributed by atoms with Crippen molar-refractivity contribution in [3.8, 4) is 6.01 Å². The molecule has 1 aliphatic heterocycles. The summed E-state index contributed by atoms with van der Waals surface area (Å²) in [4.78, 5) is 23.8. The molecule has 0 spiro atoms. The summed E-state index contributed by atoms with van der Waals surface area (Å²) in [6, 6.07) is 8.62. The van der Waals surface area contributed by atoms with Gasteiger partial charge in [0.05, 0.1) is 13.2 Å². The fourth-order valence-corrected chi connectivity index (χ4v) is 3.43. The lowest BCUT2D eigenvalue weighted by atomic mass is 10.0. The molecule has 4 rings (SSSR count). The lowest BCUT2D eigenvalue weighted by Crippen LogP contribution is -2.18. The molecule has 3 heterocycles. The Morgan fingerprint density at radius 3 is 2.81 bits per heavy atom. The van der Waals surface area contributed by atoms with Gasteiger partial charge in [-0.1, -0.05) is 43.5 Å². The summed E-state index contributed by atoms with van der Waals surface area (Å²) >= 11 is 0. The average Bonchev–Trinajstić information content (AvgIpc) is 2.93. The van der Waals surface area contributed by atoms with Crippen molar-refractivity contribution in [2.45, 2.75) is 45.1 Å². The van der Waals surface area contributed by atoms with Gasteiger partial charge in [-0.2, -0.15) is 9.97 Å². The Morgan fingerprint density at radius 2 is 1.88 bits per heavy atom. The highest BCUT2D eigenvalue weighted by Gasteiger charge is 2.15. The number of hydrogen-bond donors (Lipinski definition) is 2. The summed E-state index contributed by atoms with van der Waals surface area (Å²) in [5.41, 5.74) is 9.07. The zero-order valence-corrected chi connectivity index (χ0v) is 14.7. The maximum Gasteiger partial charge on any atom is 0.328 e. The number of aryl methyl sites for hydroxylation is 1. The molecular formula is C19H23N5O2. The summed E-state index contributed by atoms with van der Waals surface area (Å²) in [5, 5.41) is 0. The quantitative estimate of drug-likeness (QED) is 0.647. The van der Waals surface area contributed by atoms with Gasteiger partial charge in [-0.25, -0.2) is 4.79 Å². The van der Waals surface area contributed by atoms with Crippen LogP contribution < -0.4 is 16.2 Å². The number of hydrogen-bond acceptors (Lipinski definition) is 5. The number of H-pyrrole nitrogens is 1. The van der Waals surface area contributed by atoms with E-state index < -0.39 is 0 Å². The first-order valence-corrected chi connectivity index (χ1v) is 9.17. The normalized spacial score (nSPS) is 15.8. The van der Waals surface area contributed by atoms with E-state index in [1.807, 2.05) is 12.1 Å². The molecule has 0 atom stereocenters. The number of imidazole rings is 1. The summed E-state index contributed by atoms with van der Waals surface area (Å²) in [5.74, 6) is 0.232. The number of benzene rings is 1. The first kappa shape index (κ1) is 16.6. The largest absolute Gasteiger partial charge is 0.463 e. The van der Waals surface area contributed by atoms with E-state index in [0.717, 1.165) is 24.8 Å². The van der Waals surface area contributed by atoms with Crippen molar-refractivity contribution < 1.29 is 4.74 Å². The topological polar surface area (TPSA) is 98.8 Å². The van der Waals surface area contributed by atoms with Gasteiger partial charge in [-0.15, -0.1) is 0 Å². The van der Waals surface area contributed by atoms with Crippen LogP contribution in [0.4, 0.5) is 5.82 Å². The molecule has 136 valence electrons. The number of rotatable bonds is 0. The van der Waals surface area contributed by atoms with Crippen molar-refractivity contribution >= 4 is 17.0 Å². The maximum absolute atomic E-state index is 12.4. The van der Waals surface area contributed by atoms with Crippen LogP contribution in [-0.4, -0.2) is 26.1 Å². The second kappa shape index (κ2) is 7.19. The summed E-state index contributed by atoms with van der Waals surface area (Å²) < 4.78 is 7.26. The van der Waals surface area contributed by atoms with Crippen LogP contribution in [0, 0.1) is 0 Å². The molecule has 0 aliphatic carbocycles. The predicted octanol–water partition coefficient (Wildman–Crippen LogP) is 2.64. The minimum absolute atomic E-state index is 0.226. The number of aromatic amines is 1. The van der Waals surface area contributed by atoms with E-state index in [1.54, 1.807) is 4.57 Å². The van der Waals surface area contributed by atoms with Crippen molar-refractivity contribution in [1.82, 2.24) is 19.5 Å². The van der Waals surface area contributed by atoms with Crippen molar-refractivity contribution in [1.29, 1.82) is 0 Å². The maximum atomic E-state index is 12.4. The minimum Gasteiger partial charge on any atom is -0.463 e. The number of fused-ring (bicyclic) bond motifs is 3. The highest BCUT2D eigenvalue weighted by atomic mass is 16.5. The van der Waals surface area contributed by atoms with Crippen LogP contribution in [0.5, 0.6) is 6.01 Å². The number of nitrogens with zero attached hydrogens (tertiary/aromatic N) is 3. The molecule has 3 aromatic rings. The van der Waals surface area contributed by atoms with Crippen LogP contribution in [0.25, 0.3) is 11.2 Å². The highest BCUT2D eigenvalue weighted by molar-refractivity contribution is 5.81. The lowest BCUT2D eigenvalue weighted by molar-refractivity contribution is 0.282.